The first-order chi connectivity index (χ1) is 21.3. The largest absolute Gasteiger partial charge is 0.309 e. The highest BCUT2D eigenvalue weighted by Crippen LogP contribution is 2.36. The van der Waals surface area contributed by atoms with Gasteiger partial charge in [0.25, 0.3) is 5.56 Å². The second kappa shape index (κ2) is 9.03. The Kier molecular flexibility index (Phi) is 4.98. The van der Waals surface area contributed by atoms with Gasteiger partial charge >= 0.3 is 0 Å². The monoisotopic (exact) mass is 552 g/mol. The van der Waals surface area contributed by atoms with Crippen molar-refractivity contribution in [3.63, 3.8) is 0 Å². The summed E-state index contributed by atoms with van der Waals surface area (Å²) in [5.41, 5.74) is 9.07. The van der Waals surface area contributed by atoms with Crippen LogP contribution in [0.4, 0.5) is 0 Å². The summed E-state index contributed by atoms with van der Waals surface area (Å²) in [6.07, 6.45) is 0. The average molecular weight is 553 g/mol. The van der Waals surface area contributed by atoms with E-state index >= 15 is 0 Å². The van der Waals surface area contributed by atoms with Crippen LogP contribution in [0.2, 0.25) is 0 Å². The average Bonchev–Trinajstić information content (AvgIpc) is 3.61. The fourth-order valence-corrected chi connectivity index (χ4v) is 6.51. The molecule has 3 heterocycles. The second-order valence-electron chi connectivity index (χ2n) is 10.9. The Hall–Kier alpha value is -5.94. The van der Waals surface area contributed by atoms with Gasteiger partial charge < -0.3 is 4.57 Å². The van der Waals surface area contributed by atoms with E-state index in [9.17, 15) is 4.79 Å². The van der Waals surface area contributed by atoms with E-state index in [4.69, 9.17) is 4.98 Å². The number of fused-ring (bicyclic) bond motifs is 8. The van der Waals surface area contributed by atoms with Crippen molar-refractivity contribution in [2.24, 2.45) is 0 Å². The quantitative estimate of drug-likeness (QED) is 0.220. The van der Waals surface area contributed by atoms with Crippen molar-refractivity contribution >= 4 is 49.5 Å². The molecule has 0 spiro atoms. The standard InChI is InChI=1S/C38H24N4O/c43-37-30-16-8-10-18-34(30)42-36-24-26(19-21-32(36)39-38(42)41(37)28-13-5-2-6-14-28)25-20-22-35-31(23-25)29-15-7-9-17-33(29)40(35)27-11-3-1-4-12-27/h1-24H. The molecule has 0 N–H and O–H groups in total. The first-order valence-corrected chi connectivity index (χ1v) is 14.4. The molecule has 0 saturated heterocycles. The van der Waals surface area contributed by atoms with E-state index in [1.165, 1.54) is 21.8 Å². The van der Waals surface area contributed by atoms with Crippen molar-refractivity contribution in [3.05, 3.63) is 156 Å². The van der Waals surface area contributed by atoms with Crippen LogP contribution in [0.25, 0.3) is 72.0 Å². The van der Waals surface area contributed by atoms with Crippen LogP contribution in [-0.2, 0) is 0 Å². The summed E-state index contributed by atoms with van der Waals surface area (Å²) in [4.78, 5) is 18.7. The summed E-state index contributed by atoms with van der Waals surface area (Å²) in [5.74, 6) is 0.600. The molecule has 9 rings (SSSR count). The predicted molar refractivity (Wildman–Crippen MR) is 176 cm³/mol. The molecule has 0 amide bonds. The van der Waals surface area contributed by atoms with Crippen molar-refractivity contribution in [1.29, 1.82) is 0 Å². The van der Waals surface area contributed by atoms with Gasteiger partial charge in [-0.15, -0.1) is 0 Å². The van der Waals surface area contributed by atoms with Crippen molar-refractivity contribution in [2.75, 3.05) is 0 Å². The van der Waals surface area contributed by atoms with E-state index in [-0.39, 0.29) is 5.56 Å². The fraction of sp³-hybridized carbons (Fsp3) is 0. The third kappa shape index (κ3) is 3.45. The summed E-state index contributed by atoms with van der Waals surface area (Å²) in [7, 11) is 0. The van der Waals surface area contributed by atoms with Gasteiger partial charge in [0.2, 0.25) is 5.78 Å². The summed E-state index contributed by atoms with van der Waals surface area (Å²) in [6, 6.07) is 49.7. The van der Waals surface area contributed by atoms with E-state index < -0.39 is 0 Å². The molecule has 0 saturated carbocycles. The smallest absolute Gasteiger partial charge is 0.267 e. The summed E-state index contributed by atoms with van der Waals surface area (Å²) in [6.45, 7) is 0. The zero-order valence-electron chi connectivity index (χ0n) is 23.1. The number of benzene rings is 6. The minimum absolute atomic E-state index is 0.0786. The van der Waals surface area contributed by atoms with Crippen molar-refractivity contribution in [1.82, 2.24) is 18.5 Å². The number of rotatable bonds is 3. The minimum atomic E-state index is -0.0786. The maximum Gasteiger partial charge on any atom is 0.267 e. The van der Waals surface area contributed by atoms with Gasteiger partial charge in [0.05, 0.1) is 38.7 Å². The van der Waals surface area contributed by atoms with E-state index in [1.807, 2.05) is 60.7 Å². The molecule has 0 bridgehead atoms. The van der Waals surface area contributed by atoms with Gasteiger partial charge in [-0.25, -0.2) is 9.55 Å². The number of hydrogen-bond acceptors (Lipinski definition) is 2. The molecule has 5 heteroatoms. The van der Waals surface area contributed by atoms with Gasteiger partial charge in [0.15, 0.2) is 0 Å². The van der Waals surface area contributed by atoms with Crippen LogP contribution in [-0.4, -0.2) is 18.5 Å². The summed E-state index contributed by atoms with van der Waals surface area (Å²) in [5, 5.41) is 3.08. The van der Waals surface area contributed by atoms with E-state index in [0.29, 0.717) is 11.2 Å². The summed E-state index contributed by atoms with van der Waals surface area (Å²) >= 11 is 0. The van der Waals surface area contributed by atoms with Crippen LogP contribution >= 0.6 is 0 Å². The van der Waals surface area contributed by atoms with Crippen LogP contribution in [0.5, 0.6) is 0 Å². The molecule has 5 nitrogen and oxygen atoms in total. The van der Waals surface area contributed by atoms with Crippen LogP contribution in [0.15, 0.2) is 150 Å². The third-order valence-electron chi connectivity index (χ3n) is 8.45. The Morgan fingerprint density at radius 3 is 1.79 bits per heavy atom. The third-order valence-corrected chi connectivity index (χ3v) is 8.45. The minimum Gasteiger partial charge on any atom is -0.309 e. The molecule has 0 fully saturated rings. The lowest BCUT2D eigenvalue weighted by molar-refractivity contribution is 0.983. The number of nitrogens with zero attached hydrogens (tertiary/aromatic N) is 4. The number of imidazole rings is 1. The summed E-state index contributed by atoms with van der Waals surface area (Å²) < 4.78 is 6.16. The molecule has 0 atom stereocenters. The normalized spacial score (nSPS) is 11.8. The zero-order valence-corrected chi connectivity index (χ0v) is 23.1. The van der Waals surface area contributed by atoms with Crippen LogP contribution < -0.4 is 5.56 Å². The molecule has 0 aliphatic rings. The lowest BCUT2D eigenvalue weighted by Crippen LogP contribution is -2.21. The lowest BCUT2D eigenvalue weighted by atomic mass is 10.0. The van der Waals surface area contributed by atoms with Crippen molar-refractivity contribution < 1.29 is 0 Å². The van der Waals surface area contributed by atoms with Gasteiger partial charge in [-0.05, 0) is 77.9 Å². The van der Waals surface area contributed by atoms with Gasteiger partial charge in [-0.3, -0.25) is 9.20 Å². The number of aromatic nitrogens is 4. The Balaban J connectivity index is 1.31. The Morgan fingerprint density at radius 1 is 0.442 bits per heavy atom. The van der Waals surface area contributed by atoms with Crippen LogP contribution in [0, 0.1) is 0 Å². The maximum absolute atomic E-state index is 13.8. The van der Waals surface area contributed by atoms with E-state index in [0.717, 1.165) is 39.1 Å². The lowest BCUT2D eigenvalue weighted by Gasteiger charge is -2.11. The van der Waals surface area contributed by atoms with Gasteiger partial charge in [-0.1, -0.05) is 78.9 Å². The molecule has 0 aliphatic carbocycles. The number of para-hydroxylation sites is 4. The Labute approximate surface area is 246 Å². The highest BCUT2D eigenvalue weighted by atomic mass is 16.1. The first-order valence-electron chi connectivity index (χ1n) is 14.4. The molecule has 43 heavy (non-hydrogen) atoms. The first kappa shape index (κ1) is 23.7. The zero-order chi connectivity index (χ0) is 28.5. The fourth-order valence-electron chi connectivity index (χ4n) is 6.51. The van der Waals surface area contributed by atoms with Crippen molar-refractivity contribution in [3.8, 4) is 22.5 Å². The van der Waals surface area contributed by atoms with Crippen LogP contribution in [0.1, 0.15) is 0 Å². The predicted octanol–water partition coefficient (Wildman–Crippen LogP) is 8.56. The van der Waals surface area contributed by atoms with E-state index in [1.54, 1.807) is 4.57 Å². The van der Waals surface area contributed by atoms with E-state index in [2.05, 4.69) is 93.9 Å². The maximum atomic E-state index is 13.8. The SMILES string of the molecule is O=c1c2ccccc2n2c3cc(-c4ccc5c(c4)c4ccccc4n5-c4ccccc4)ccc3nc2n1-c1ccccc1. The van der Waals surface area contributed by atoms with Gasteiger partial charge in [0.1, 0.15) is 0 Å². The molecule has 0 aliphatic heterocycles. The highest BCUT2D eigenvalue weighted by Gasteiger charge is 2.18. The topological polar surface area (TPSA) is 44.2 Å². The molecule has 9 aromatic rings. The molecular weight excluding hydrogens is 528 g/mol. The number of hydrogen-bond donors (Lipinski definition) is 0. The Bertz CT molecular complexity index is 2570. The van der Waals surface area contributed by atoms with Crippen LogP contribution in [0.3, 0.4) is 0 Å². The molecule has 3 aromatic heterocycles. The molecule has 202 valence electrons. The highest BCUT2D eigenvalue weighted by molar-refractivity contribution is 6.10. The van der Waals surface area contributed by atoms with Gasteiger partial charge in [0, 0.05) is 16.5 Å². The molecular formula is C38H24N4O. The Morgan fingerprint density at radius 2 is 1.02 bits per heavy atom. The molecule has 0 radical (unpaired) electrons. The molecule has 0 unspecified atom stereocenters. The molecule has 6 aromatic carbocycles. The second-order valence-corrected chi connectivity index (χ2v) is 10.9. The van der Waals surface area contributed by atoms with Crippen molar-refractivity contribution in [2.45, 2.75) is 0 Å². The van der Waals surface area contributed by atoms with Gasteiger partial charge in [-0.2, -0.15) is 0 Å².